The second kappa shape index (κ2) is 7.47. The van der Waals surface area contributed by atoms with Gasteiger partial charge in [0.2, 0.25) is 0 Å². The molecule has 20 heavy (non-hydrogen) atoms. The van der Waals surface area contributed by atoms with Crippen LogP contribution in [0.1, 0.15) is 46.0 Å². The molecule has 0 saturated carbocycles. The van der Waals surface area contributed by atoms with Crippen molar-refractivity contribution in [2.75, 3.05) is 19.7 Å². The van der Waals surface area contributed by atoms with Crippen molar-refractivity contribution in [2.24, 2.45) is 5.41 Å². The lowest BCUT2D eigenvalue weighted by molar-refractivity contribution is -0.137. The fraction of sp³-hybridized carbons (Fsp3) is 0.857. The highest BCUT2D eigenvalue weighted by atomic mass is 16.4. The molecule has 0 aromatic heterocycles. The van der Waals surface area contributed by atoms with Crippen molar-refractivity contribution in [3.8, 4) is 0 Å². The van der Waals surface area contributed by atoms with E-state index >= 15 is 0 Å². The van der Waals surface area contributed by atoms with E-state index in [1.165, 1.54) is 0 Å². The van der Waals surface area contributed by atoms with Gasteiger partial charge in [-0.25, -0.2) is 4.79 Å². The molecule has 1 unspecified atom stereocenters. The number of aliphatic carboxylic acids is 1. The molecule has 1 saturated heterocycles. The van der Waals surface area contributed by atoms with Crippen LogP contribution in [0.4, 0.5) is 4.79 Å². The first-order valence-electron chi connectivity index (χ1n) is 7.23. The van der Waals surface area contributed by atoms with Crippen molar-refractivity contribution in [1.29, 1.82) is 0 Å². The molecule has 1 rings (SSSR count). The molecule has 0 radical (unpaired) electrons. The second-order valence-corrected chi connectivity index (χ2v) is 6.21. The first-order valence-corrected chi connectivity index (χ1v) is 7.23. The van der Waals surface area contributed by atoms with Gasteiger partial charge in [0.1, 0.15) is 0 Å². The predicted octanol–water partition coefficient (Wildman–Crippen LogP) is 1.43. The zero-order chi connectivity index (χ0) is 15.2. The van der Waals surface area contributed by atoms with Gasteiger partial charge in [0.25, 0.3) is 0 Å². The topological polar surface area (TPSA) is 89.9 Å². The van der Waals surface area contributed by atoms with Crippen LogP contribution in [-0.4, -0.2) is 52.9 Å². The highest BCUT2D eigenvalue weighted by Crippen LogP contribution is 2.26. The van der Waals surface area contributed by atoms with Crippen molar-refractivity contribution in [1.82, 2.24) is 10.2 Å². The number of carboxylic acid groups (broad SMARTS) is 1. The summed E-state index contributed by atoms with van der Waals surface area (Å²) in [5.41, 5.74) is -0.104. The van der Waals surface area contributed by atoms with E-state index in [1.807, 2.05) is 13.8 Å². The number of nitrogens with one attached hydrogen (secondary N) is 1. The minimum atomic E-state index is -0.787. The normalized spacial score (nSPS) is 19.1. The van der Waals surface area contributed by atoms with Crippen LogP contribution >= 0.6 is 0 Å². The number of amides is 2. The molecule has 3 N–H and O–H groups in total. The van der Waals surface area contributed by atoms with Crippen LogP contribution in [0.25, 0.3) is 0 Å². The summed E-state index contributed by atoms with van der Waals surface area (Å²) in [6.45, 7) is 5.25. The number of carboxylic acids is 1. The number of rotatable bonds is 7. The molecule has 0 bridgehead atoms. The number of aliphatic hydroxyl groups excluding tert-OH is 1. The standard InChI is InChI=1S/C14H26N2O4/c1-14(2,6-5-12(18)19)7-8-15-13(20)16-9-3-4-11(16)10-17/h11,17H,3-10H2,1-2H3,(H,15,20)(H,18,19). The monoisotopic (exact) mass is 286 g/mol. The van der Waals surface area contributed by atoms with Crippen LogP contribution in [0.2, 0.25) is 0 Å². The third-order valence-electron chi connectivity index (χ3n) is 3.94. The third-order valence-corrected chi connectivity index (χ3v) is 3.94. The fourth-order valence-electron chi connectivity index (χ4n) is 2.47. The number of hydrogen-bond donors (Lipinski definition) is 3. The Kier molecular flexibility index (Phi) is 6.26. The van der Waals surface area contributed by atoms with E-state index in [9.17, 15) is 14.7 Å². The summed E-state index contributed by atoms with van der Waals surface area (Å²) in [4.78, 5) is 24.2. The lowest BCUT2D eigenvalue weighted by Crippen LogP contribution is -2.44. The lowest BCUT2D eigenvalue weighted by Gasteiger charge is -2.26. The van der Waals surface area contributed by atoms with Crippen LogP contribution in [0.5, 0.6) is 0 Å². The average molecular weight is 286 g/mol. The van der Waals surface area contributed by atoms with Crippen molar-refractivity contribution < 1.29 is 19.8 Å². The highest BCUT2D eigenvalue weighted by molar-refractivity contribution is 5.74. The molecule has 1 fully saturated rings. The van der Waals surface area contributed by atoms with Gasteiger partial charge in [-0.3, -0.25) is 4.79 Å². The van der Waals surface area contributed by atoms with Crippen molar-refractivity contribution in [3.05, 3.63) is 0 Å². The Labute approximate surface area is 120 Å². The third kappa shape index (κ3) is 5.36. The summed E-state index contributed by atoms with van der Waals surface area (Å²) in [6, 6.07) is -0.189. The van der Waals surface area contributed by atoms with E-state index in [2.05, 4.69) is 5.32 Å². The number of carbonyl (C=O) groups excluding carboxylic acids is 1. The predicted molar refractivity (Wildman–Crippen MR) is 75.5 cm³/mol. The van der Waals surface area contributed by atoms with E-state index in [0.29, 0.717) is 19.5 Å². The van der Waals surface area contributed by atoms with Crippen LogP contribution < -0.4 is 5.32 Å². The Hall–Kier alpha value is -1.30. The van der Waals surface area contributed by atoms with Gasteiger partial charge in [0.15, 0.2) is 0 Å². The van der Waals surface area contributed by atoms with Gasteiger partial charge < -0.3 is 20.4 Å². The number of likely N-dealkylation sites (tertiary alicyclic amines) is 1. The number of nitrogens with zero attached hydrogens (tertiary/aromatic N) is 1. The molecule has 0 aliphatic carbocycles. The van der Waals surface area contributed by atoms with E-state index < -0.39 is 5.97 Å². The molecule has 6 nitrogen and oxygen atoms in total. The fourth-order valence-corrected chi connectivity index (χ4v) is 2.47. The molecule has 1 atom stereocenters. The minimum absolute atomic E-state index is 0.0114. The maximum atomic E-state index is 12.0. The van der Waals surface area contributed by atoms with Gasteiger partial charge in [0, 0.05) is 19.5 Å². The summed E-state index contributed by atoms with van der Waals surface area (Å²) in [5.74, 6) is -0.787. The molecule has 2 amide bonds. The quantitative estimate of drug-likeness (QED) is 0.660. The van der Waals surface area contributed by atoms with E-state index in [4.69, 9.17) is 5.11 Å². The SMILES string of the molecule is CC(C)(CCNC(=O)N1CCCC1CO)CCC(=O)O. The smallest absolute Gasteiger partial charge is 0.317 e. The first kappa shape index (κ1) is 16.8. The van der Waals surface area contributed by atoms with Crippen LogP contribution in [0.3, 0.4) is 0 Å². The summed E-state index contributed by atoms with van der Waals surface area (Å²) in [7, 11) is 0. The van der Waals surface area contributed by atoms with E-state index in [0.717, 1.165) is 19.3 Å². The number of urea groups is 1. The van der Waals surface area contributed by atoms with Gasteiger partial charge in [-0.2, -0.15) is 0 Å². The van der Waals surface area contributed by atoms with Crippen LogP contribution in [-0.2, 0) is 4.79 Å². The van der Waals surface area contributed by atoms with Crippen molar-refractivity contribution in [3.63, 3.8) is 0 Å². The molecular formula is C14H26N2O4. The lowest BCUT2D eigenvalue weighted by atomic mass is 9.84. The van der Waals surface area contributed by atoms with Gasteiger partial charge in [-0.15, -0.1) is 0 Å². The molecule has 0 spiro atoms. The molecule has 1 aliphatic rings. The summed E-state index contributed by atoms with van der Waals surface area (Å²) >= 11 is 0. The van der Waals surface area contributed by atoms with Crippen molar-refractivity contribution in [2.45, 2.75) is 52.0 Å². The zero-order valence-electron chi connectivity index (χ0n) is 12.4. The highest BCUT2D eigenvalue weighted by Gasteiger charge is 2.28. The molecule has 1 heterocycles. The number of hydrogen-bond acceptors (Lipinski definition) is 3. The van der Waals surface area contributed by atoms with Gasteiger partial charge >= 0.3 is 12.0 Å². The summed E-state index contributed by atoms with van der Waals surface area (Å²) in [6.07, 6.45) is 3.28. The second-order valence-electron chi connectivity index (χ2n) is 6.21. The van der Waals surface area contributed by atoms with Gasteiger partial charge in [0.05, 0.1) is 12.6 Å². The number of aliphatic hydroxyl groups is 1. The Morgan fingerprint density at radius 2 is 2.05 bits per heavy atom. The largest absolute Gasteiger partial charge is 0.481 e. The Morgan fingerprint density at radius 3 is 2.65 bits per heavy atom. The van der Waals surface area contributed by atoms with Crippen molar-refractivity contribution >= 4 is 12.0 Å². The molecule has 0 aromatic rings. The molecule has 1 aliphatic heterocycles. The van der Waals surface area contributed by atoms with Gasteiger partial charge in [-0.05, 0) is 31.1 Å². The summed E-state index contributed by atoms with van der Waals surface area (Å²) in [5, 5.41) is 20.7. The first-order chi connectivity index (χ1) is 9.35. The Bertz CT molecular complexity index is 344. The maximum Gasteiger partial charge on any atom is 0.317 e. The molecule has 116 valence electrons. The zero-order valence-corrected chi connectivity index (χ0v) is 12.4. The Balaban J connectivity index is 2.29. The molecule has 0 aromatic carbocycles. The van der Waals surface area contributed by atoms with E-state index in [-0.39, 0.29) is 30.5 Å². The minimum Gasteiger partial charge on any atom is -0.481 e. The summed E-state index contributed by atoms with van der Waals surface area (Å²) < 4.78 is 0. The molecular weight excluding hydrogens is 260 g/mol. The van der Waals surface area contributed by atoms with E-state index in [1.54, 1.807) is 4.90 Å². The maximum absolute atomic E-state index is 12.0. The Morgan fingerprint density at radius 1 is 1.35 bits per heavy atom. The van der Waals surface area contributed by atoms with Gasteiger partial charge in [-0.1, -0.05) is 13.8 Å². The average Bonchev–Trinajstić information content (AvgIpc) is 2.84. The number of carbonyl (C=O) groups is 2. The van der Waals surface area contributed by atoms with Crippen LogP contribution in [0, 0.1) is 5.41 Å². The molecule has 6 heteroatoms. The van der Waals surface area contributed by atoms with Crippen LogP contribution in [0.15, 0.2) is 0 Å².